The van der Waals surface area contributed by atoms with Gasteiger partial charge >= 0.3 is 0 Å². The average Bonchev–Trinajstić information content (AvgIpc) is 2.47. The molecule has 5 heteroatoms. The Bertz CT molecular complexity index is 738. The highest BCUT2D eigenvalue weighted by atomic mass is 32.2. The molecule has 1 atom stereocenters. The fourth-order valence-electron chi connectivity index (χ4n) is 2.63. The van der Waals surface area contributed by atoms with Crippen molar-refractivity contribution in [3.8, 4) is 0 Å². The summed E-state index contributed by atoms with van der Waals surface area (Å²) in [6.07, 6.45) is 1.17. The first-order valence-electron chi connectivity index (χ1n) is 7.44. The number of benzene rings is 2. The summed E-state index contributed by atoms with van der Waals surface area (Å²) >= 11 is 0. The molecule has 0 saturated heterocycles. The largest absolute Gasteiger partial charge is 0.384 e. The molecule has 4 nitrogen and oxygen atoms in total. The van der Waals surface area contributed by atoms with Crippen molar-refractivity contribution in [3.05, 3.63) is 65.7 Å². The van der Waals surface area contributed by atoms with Gasteiger partial charge in [-0.25, -0.2) is 8.42 Å². The van der Waals surface area contributed by atoms with Crippen molar-refractivity contribution in [2.75, 3.05) is 19.8 Å². The molecule has 2 aromatic carbocycles. The number of rotatable bonds is 6. The van der Waals surface area contributed by atoms with E-state index in [1.165, 1.54) is 24.0 Å². The number of hydrogen-bond donors (Lipinski definition) is 1. The number of hydrogen-bond acceptors (Lipinski definition) is 4. The van der Waals surface area contributed by atoms with Gasteiger partial charge in [-0.1, -0.05) is 42.5 Å². The maximum absolute atomic E-state index is 11.5. The number of aliphatic hydroxyl groups is 1. The second-order valence-electron chi connectivity index (χ2n) is 6.23. The summed E-state index contributed by atoms with van der Waals surface area (Å²) in [6, 6.07) is 16.5. The normalized spacial score (nSPS) is 14.7. The molecule has 0 aromatic heterocycles. The molecule has 2 rings (SSSR count). The molecule has 0 aliphatic heterocycles. The van der Waals surface area contributed by atoms with Crippen LogP contribution in [0.5, 0.6) is 0 Å². The molecule has 0 saturated carbocycles. The van der Waals surface area contributed by atoms with Gasteiger partial charge in [-0.2, -0.15) is 0 Å². The SMILES string of the molecule is CN(Cc1ccccc1)CC(C)(O)c1ccc(S(C)(=O)=O)cc1. The quantitative estimate of drug-likeness (QED) is 0.882. The molecule has 0 aliphatic rings. The van der Waals surface area contributed by atoms with Gasteiger partial charge in [0.1, 0.15) is 0 Å². The van der Waals surface area contributed by atoms with Gasteiger partial charge in [0.25, 0.3) is 0 Å². The fraction of sp³-hybridized carbons (Fsp3) is 0.333. The van der Waals surface area contributed by atoms with Crippen LogP contribution in [0.2, 0.25) is 0 Å². The number of sulfone groups is 1. The van der Waals surface area contributed by atoms with Crippen LogP contribution >= 0.6 is 0 Å². The van der Waals surface area contributed by atoms with Crippen LogP contribution in [0.25, 0.3) is 0 Å². The van der Waals surface area contributed by atoms with E-state index in [9.17, 15) is 13.5 Å². The van der Waals surface area contributed by atoms with E-state index in [0.717, 1.165) is 6.54 Å². The van der Waals surface area contributed by atoms with Crippen molar-refractivity contribution in [2.24, 2.45) is 0 Å². The van der Waals surface area contributed by atoms with Crippen LogP contribution in [0.1, 0.15) is 18.1 Å². The van der Waals surface area contributed by atoms with Gasteiger partial charge in [-0.15, -0.1) is 0 Å². The van der Waals surface area contributed by atoms with Gasteiger partial charge in [0.2, 0.25) is 0 Å². The third-order valence-electron chi connectivity index (χ3n) is 3.78. The molecule has 0 radical (unpaired) electrons. The van der Waals surface area contributed by atoms with Gasteiger partial charge in [0.15, 0.2) is 9.84 Å². The molecule has 1 unspecified atom stereocenters. The third kappa shape index (κ3) is 4.89. The van der Waals surface area contributed by atoms with Crippen LogP contribution in [-0.2, 0) is 22.0 Å². The molecular weight excluding hydrogens is 310 g/mol. The summed E-state index contributed by atoms with van der Waals surface area (Å²) in [5.41, 5.74) is 0.822. The lowest BCUT2D eigenvalue weighted by molar-refractivity contribution is 0.0213. The first-order valence-corrected chi connectivity index (χ1v) is 9.33. The van der Waals surface area contributed by atoms with Crippen molar-refractivity contribution in [1.82, 2.24) is 4.90 Å². The van der Waals surface area contributed by atoms with E-state index in [0.29, 0.717) is 12.1 Å². The van der Waals surface area contributed by atoms with Crippen LogP contribution in [0, 0.1) is 0 Å². The van der Waals surface area contributed by atoms with E-state index >= 15 is 0 Å². The number of nitrogens with zero attached hydrogens (tertiary/aromatic N) is 1. The Hall–Kier alpha value is -1.69. The third-order valence-corrected chi connectivity index (χ3v) is 4.91. The summed E-state index contributed by atoms with van der Waals surface area (Å²) < 4.78 is 23.0. The zero-order chi connectivity index (χ0) is 17.1. The minimum Gasteiger partial charge on any atom is -0.384 e. The van der Waals surface area contributed by atoms with E-state index in [4.69, 9.17) is 0 Å². The minimum atomic E-state index is -3.22. The predicted octanol–water partition coefficient (Wildman–Crippen LogP) is 2.43. The Kier molecular flexibility index (Phi) is 5.24. The summed E-state index contributed by atoms with van der Waals surface area (Å²) in [4.78, 5) is 2.30. The Morgan fingerprint density at radius 1 is 1.04 bits per heavy atom. The molecule has 23 heavy (non-hydrogen) atoms. The van der Waals surface area contributed by atoms with Crippen LogP contribution in [0.15, 0.2) is 59.5 Å². The Morgan fingerprint density at radius 3 is 2.13 bits per heavy atom. The Morgan fingerprint density at radius 2 is 1.61 bits per heavy atom. The molecule has 124 valence electrons. The van der Waals surface area contributed by atoms with Crippen LogP contribution < -0.4 is 0 Å². The molecular formula is C18H23NO3S. The molecule has 1 N–H and O–H groups in total. The molecule has 0 amide bonds. The Labute approximate surface area is 138 Å². The smallest absolute Gasteiger partial charge is 0.175 e. The lowest BCUT2D eigenvalue weighted by atomic mass is 9.95. The van der Waals surface area contributed by atoms with E-state index in [2.05, 4.69) is 0 Å². The fourth-order valence-corrected chi connectivity index (χ4v) is 3.26. The van der Waals surface area contributed by atoms with Gasteiger partial charge in [-0.05, 0) is 37.2 Å². The first-order chi connectivity index (χ1) is 10.7. The summed E-state index contributed by atoms with van der Waals surface area (Å²) in [6.45, 7) is 2.92. The molecule has 2 aromatic rings. The highest BCUT2D eigenvalue weighted by Gasteiger charge is 2.25. The second kappa shape index (κ2) is 6.83. The van der Waals surface area contributed by atoms with E-state index in [1.807, 2.05) is 42.3 Å². The van der Waals surface area contributed by atoms with Crippen molar-refractivity contribution < 1.29 is 13.5 Å². The van der Waals surface area contributed by atoms with Gasteiger partial charge in [0.05, 0.1) is 10.5 Å². The predicted molar refractivity (Wildman–Crippen MR) is 91.9 cm³/mol. The Balaban J connectivity index is 2.08. The van der Waals surface area contributed by atoms with Crippen molar-refractivity contribution in [1.29, 1.82) is 0 Å². The lowest BCUT2D eigenvalue weighted by Gasteiger charge is -2.29. The zero-order valence-electron chi connectivity index (χ0n) is 13.7. The highest BCUT2D eigenvalue weighted by molar-refractivity contribution is 7.90. The van der Waals surface area contributed by atoms with Crippen LogP contribution in [0.4, 0.5) is 0 Å². The van der Waals surface area contributed by atoms with Crippen molar-refractivity contribution in [2.45, 2.75) is 24.0 Å². The van der Waals surface area contributed by atoms with Crippen molar-refractivity contribution >= 4 is 9.84 Å². The number of likely N-dealkylation sites (N-methyl/N-ethyl adjacent to an activating group) is 1. The van der Waals surface area contributed by atoms with Crippen molar-refractivity contribution in [3.63, 3.8) is 0 Å². The maximum atomic E-state index is 11.5. The maximum Gasteiger partial charge on any atom is 0.175 e. The average molecular weight is 333 g/mol. The molecule has 0 fully saturated rings. The van der Waals surface area contributed by atoms with Gasteiger partial charge < -0.3 is 5.11 Å². The molecule has 0 bridgehead atoms. The first kappa shape index (κ1) is 17.7. The second-order valence-corrected chi connectivity index (χ2v) is 8.24. The van der Waals surface area contributed by atoms with E-state index < -0.39 is 15.4 Å². The van der Waals surface area contributed by atoms with E-state index in [-0.39, 0.29) is 4.90 Å². The molecule has 0 aliphatic carbocycles. The summed E-state index contributed by atoms with van der Waals surface area (Å²) in [7, 11) is -1.27. The van der Waals surface area contributed by atoms with E-state index in [1.54, 1.807) is 19.1 Å². The summed E-state index contributed by atoms with van der Waals surface area (Å²) in [5, 5.41) is 10.7. The van der Waals surface area contributed by atoms with Gasteiger partial charge in [0, 0.05) is 19.3 Å². The standard InChI is InChI=1S/C18H23NO3S/c1-18(20,14-19(2)13-15-7-5-4-6-8-15)16-9-11-17(12-10-16)23(3,21)22/h4-12,20H,13-14H2,1-3H3. The van der Waals surface area contributed by atoms with Crippen LogP contribution in [0.3, 0.4) is 0 Å². The summed E-state index contributed by atoms with van der Waals surface area (Å²) in [5.74, 6) is 0. The minimum absolute atomic E-state index is 0.259. The zero-order valence-corrected chi connectivity index (χ0v) is 14.5. The molecule has 0 spiro atoms. The van der Waals surface area contributed by atoms with Gasteiger partial charge in [-0.3, -0.25) is 4.90 Å². The lowest BCUT2D eigenvalue weighted by Crippen LogP contribution is -2.36. The van der Waals surface area contributed by atoms with Crippen LogP contribution in [-0.4, -0.2) is 38.3 Å². The topological polar surface area (TPSA) is 57.6 Å². The highest BCUT2D eigenvalue weighted by Crippen LogP contribution is 2.23. The monoisotopic (exact) mass is 333 g/mol. The molecule has 0 heterocycles.